The number of anilines is 2. The number of carbonyl (C=O) groups excluding carboxylic acids is 1. The molecule has 10 aliphatic rings. The van der Waals surface area contributed by atoms with Crippen LogP contribution in [-0.2, 0) is 18.9 Å². The fraction of sp³-hybridized carbons (Fsp3) is 0.706. The van der Waals surface area contributed by atoms with Gasteiger partial charge in [-0.2, -0.15) is 28.7 Å². The average molecular weight is 965 g/mol. The van der Waals surface area contributed by atoms with Crippen molar-refractivity contribution in [2.24, 2.45) is 46.3 Å². The first-order valence-corrected chi connectivity index (χ1v) is 25.5. The fourth-order valence-corrected chi connectivity index (χ4v) is 16.5. The molecule has 0 spiro atoms. The van der Waals surface area contributed by atoms with Gasteiger partial charge in [0.2, 0.25) is 0 Å². The zero-order valence-corrected chi connectivity index (χ0v) is 39.3. The molecule has 8 aliphatic carbocycles. The van der Waals surface area contributed by atoms with Crippen molar-refractivity contribution in [3.05, 3.63) is 24.8 Å². The lowest BCUT2D eigenvalue weighted by molar-refractivity contribution is -0.163. The first kappa shape index (κ1) is 45.9. The number of aliphatic hydroxyl groups excluding tert-OH is 2. The Morgan fingerprint density at radius 3 is 1.36 bits per heavy atom. The second-order valence-electron chi connectivity index (χ2n) is 23.0. The normalized spacial score (nSPS) is 38.8. The minimum atomic E-state index is -1.90. The Hall–Kier alpha value is -5.21. The van der Waals surface area contributed by atoms with Crippen molar-refractivity contribution in [3.8, 4) is 24.7 Å². The van der Waals surface area contributed by atoms with E-state index >= 15 is 0 Å². The van der Waals surface area contributed by atoms with Crippen LogP contribution in [0.1, 0.15) is 141 Å². The molecule has 4 aromatic heterocycles. The van der Waals surface area contributed by atoms with Crippen molar-refractivity contribution >= 4 is 40.1 Å². The van der Waals surface area contributed by atoms with Crippen LogP contribution in [0, 0.1) is 83.2 Å². The summed E-state index contributed by atoms with van der Waals surface area (Å²) >= 11 is 0. The van der Waals surface area contributed by atoms with E-state index < -0.39 is 66.4 Å². The minimum Gasteiger partial charge on any atom is -0.427 e. The molecule has 8 atom stereocenters. The number of hydrogen-bond donors (Lipinski definition) is 4. The van der Waals surface area contributed by atoms with E-state index in [0.717, 1.165) is 48.3 Å². The number of imidazole rings is 2. The lowest BCUT2D eigenvalue weighted by Crippen LogP contribution is -2.53. The van der Waals surface area contributed by atoms with Crippen LogP contribution in [0.3, 0.4) is 0 Å². The smallest absolute Gasteiger partial charge is 0.427 e. The number of aromatic nitrogens is 8. The molecule has 2 unspecified atom stereocenters. The predicted octanol–water partition coefficient (Wildman–Crippen LogP) is 7.08. The summed E-state index contributed by atoms with van der Waals surface area (Å²) < 4.78 is 58.0. The van der Waals surface area contributed by atoms with Gasteiger partial charge in [-0.05, 0) is 162 Å². The molecule has 0 amide bonds. The molecular formula is C51H62F2N10O7. The van der Waals surface area contributed by atoms with Gasteiger partial charge in [-0.3, -0.25) is 9.13 Å². The SMILES string of the molecule is C#C[C@@]1(C(CCCC23CC4CC(CC(C4)C2)C3)OC(=O)OC(CCCC23CC4CC(CC(C4)C2)C3)[C@]2(C#C)O[C@@H](n3cnc4c(N)nc(F)nc43)C[C@@H]2O)O[C@@H](n2cnc3c(N)nc(F)nc32)C[C@@H]1O. The molecule has 8 saturated carbocycles. The topological polar surface area (TPSA) is 234 Å². The van der Waals surface area contributed by atoms with Crippen LogP contribution in [0.15, 0.2) is 12.7 Å². The van der Waals surface area contributed by atoms with Gasteiger partial charge in [-0.1, -0.05) is 11.8 Å². The Morgan fingerprint density at radius 1 is 0.657 bits per heavy atom. The van der Waals surface area contributed by atoms with Gasteiger partial charge in [0.1, 0.15) is 36.9 Å². The second-order valence-corrected chi connectivity index (χ2v) is 23.0. The van der Waals surface area contributed by atoms with Gasteiger partial charge in [0, 0.05) is 12.8 Å². The third kappa shape index (κ3) is 7.67. The van der Waals surface area contributed by atoms with E-state index in [0.29, 0.717) is 12.8 Å². The van der Waals surface area contributed by atoms with Crippen LogP contribution >= 0.6 is 0 Å². The first-order chi connectivity index (χ1) is 33.7. The Kier molecular flexibility index (Phi) is 11.1. The van der Waals surface area contributed by atoms with E-state index in [9.17, 15) is 23.8 Å². The van der Waals surface area contributed by atoms with Gasteiger partial charge >= 0.3 is 18.3 Å². The van der Waals surface area contributed by atoms with Gasteiger partial charge in [0.15, 0.2) is 45.2 Å². The first-order valence-electron chi connectivity index (χ1n) is 25.5. The van der Waals surface area contributed by atoms with Crippen LogP contribution in [0.4, 0.5) is 25.2 Å². The van der Waals surface area contributed by atoms with Crippen LogP contribution in [0.5, 0.6) is 0 Å². The second kappa shape index (κ2) is 17.0. The average Bonchev–Trinajstić information content (AvgIpc) is 4.08. The molecule has 70 heavy (non-hydrogen) atoms. The number of halogens is 2. The summed E-state index contributed by atoms with van der Waals surface area (Å²) in [5, 5.41) is 24.1. The molecule has 6 N–H and O–H groups in total. The maximum atomic E-state index is 14.8. The molecular weight excluding hydrogens is 903 g/mol. The van der Waals surface area contributed by atoms with Crippen LogP contribution < -0.4 is 11.5 Å². The maximum Gasteiger partial charge on any atom is 0.509 e. The molecule has 2 saturated heterocycles. The van der Waals surface area contributed by atoms with E-state index in [1.165, 1.54) is 98.8 Å². The predicted molar refractivity (Wildman–Crippen MR) is 248 cm³/mol. The standard InChI is InChI=1S/C51H62F2N10O7/c1-3-50(33(64)17-37(69-50)62-25-56-39-41(54)58-45(52)60-43(39)62)35(7-5-9-48-19-27-11-28(20-48)13-29(12-27)21-48)67-47(66)68-36(8-6-10-49-22-30-14-31(23-49)16-32(15-30)24-49)51(4-2)34(65)18-38(70-51)63-26-57-40-42(55)59-46(53)61-44(40)63/h1-2,25-38,64-65H,5-24H2,(H2,54,58,60)(H2,55,59,61)/t27?,28?,29?,30?,31?,32?,33-,34-,35?,36?,37+,38+,48?,49?,50+,51+/m0/s1. The molecule has 19 heteroatoms. The molecule has 4 aromatic rings. The quantitative estimate of drug-likeness (QED) is 0.0562. The largest absolute Gasteiger partial charge is 0.509 e. The third-order valence-corrected chi connectivity index (χ3v) is 18.5. The molecule has 17 nitrogen and oxygen atoms in total. The number of aliphatic hydroxyl groups is 2. The fourth-order valence-electron chi connectivity index (χ4n) is 16.5. The molecule has 0 aromatic carbocycles. The van der Waals surface area contributed by atoms with Gasteiger partial charge in [0.25, 0.3) is 0 Å². The van der Waals surface area contributed by atoms with E-state index in [1.54, 1.807) is 0 Å². The summed E-state index contributed by atoms with van der Waals surface area (Å²) in [5.74, 6) is 9.45. The van der Waals surface area contributed by atoms with Crippen LogP contribution in [-0.4, -0.2) is 91.0 Å². The van der Waals surface area contributed by atoms with Crippen molar-refractivity contribution in [3.63, 3.8) is 0 Å². The number of nitrogens with zero attached hydrogens (tertiary/aromatic N) is 8. The highest BCUT2D eigenvalue weighted by molar-refractivity contribution is 5.82. The summed E-state index contributed by atoms with van der Waals surface area (Å²) in [6, 6.07) is 0. The summed E-state index contributed by atoms with van der Waals surface area (Å²) in [7, 11) is 0. The molecule has 0 radical (unpaired) electrons. The van der Waals surface area contributed by atoms with Crippen molar-refractivity contribution in [2.75, 3.05) is 11.5 Å². The highest BCUT2D eigenvalue weighted by Crippen LogP contribution is 2.63. The van der Waals surface area contributed by atoms with Gasteiger partial charge in [-0.15, -0.1) is 12.8 Å². The number of rotatable bonds is 14. The Balaban J connectivity index is 0.840. The zero-order valence-electron chi connectivity index (χ0n) is 39.3. The van der Waals surface area contributed by atoms with Crippen molar-refractivity contribution < 1.29 is 42.7 Å². The number of terminal acetylenes is 2. The number of nitrogens with two attached hydrogens (primary N) is 2. The molecule has 2 aliphatic heterocycles. The Bertz CT molecular complexity index is 2540. The number of ether oxygens (including phenoxy) is 4. The maximum absolute atomic E-state index is 14.8. The van der Waals surface area contributed by atoms with Crippen molar-refractivity contribution in [2.45, 2.75) is 176 Å². The Morgan fingerprint density at radius 2 is 1.01 bits per heavy atom. The monoisotopic (exact) mass is 964 g/mol. The summed E-state index contributed by atoms with van der Waals surface area (Å²) in [5.41, 5.74) is 8.95. The Labute approximate surface area is 404 Å². The summed E-state index contributed by atoms with van der Waals surface area (Å²) in [6.07, 6.45) is 23.2. The van der Waals surface area contributed by atoms with Crippen LogP contribution in [0.25, 0.3) is 22.3 Å². The number of fused-ring (bicyclic) bond motifs is 2. The number of hydrogen-bond acceptors (Lipinski definition) is 15. The lowest BCUT2D eigenvalue weighted by atomic mass is 9.48. The molecule has 10 fully saturated rings. The van der Waals surface area contributed by atoms with E-state index in [1.807, 2.05) is 0 Å². The highest BCUT2D eigenvalue weighted by Gasteiger charge is 2.59. The third-order valence-electron chi connectivity index (χ3n) is 18.5. The summed E-state index contributed by atoms with van der Waals surface area (Å²) in [6.45, 7) is 0. The molecule has 372 valence electrons. The van der Waals surface area contributed by atoms with E-state index in [-0.39, 0.29) is 70.5 Å². The van der Waals surface area contributed by atoms with Gasteiger partial charge in [0.05, 0.1) is 12.7 Å². The zero-order chi connectivity index (χ0) is 48.3. The molecule has 6 heterocycles. The number of carbonyl (C=O) groups is 1. The lowest BCUT2D eigenvalue weighted by Gasteiger charge is -2.57. The van der Waals surface area contributed by atoms with Gasteiger partial charge < -0.3 is 40.6 Å². The molecule has 14 rings (SSSR count). The van der Waals surface area contributed by atoms with Crippen molar-refractivity contribution in [1.29, 1.82) is 0 Å². The number of nitrogen functional groups attached to an aromatic ring is 2. The highest BCUT2D eigenvalue weighted by atomic mass is 19.1. The molecule has 8 bridgehead atoms. The summed E-state index contributed by atoms with van der Waals surface area (Å²) in [4.78, 5) is 38.4. The van der Waals surface area contributed by atoms with E-state index in [4.69, 9.17) is 43.3 Å². The minimum absolute atomic E-state index is 0.0443. The van der Waals surface area contributed by atoms with Crippen LogP contribution in [0.2, 0.25) is 0 Å². The van der Waals surface area contributed by atoms with E-state index in [2.05, 4.69) is 41.7 Å². The van der Waals surface area contributed by atoms with Crippen molar-refractivity contribution in [1.82, 2.24) is 39.0 Å². The van der Waals surface area contributed by atoms with Gasteiger partial charge in [-0.25, -0.2) is 14.8 Å².